The highest BCUT2D eigenvalue weighted by Gasteiger charge is 2.17. The van der Waals surface area contributed by atoms with Crippen molar-refractivity contribution in [1.29, 1.82) is 0 Å². The first-order chi connectivity index (χ1) is 6.19. The van der Waals surface area contributed by atoms with Gasteiger partial charge >= 0.3 is 0 Å². The molecule has 1 rings (SSSR count). The molecule has 0 radical (unpaired) electrons. The number of rotatable bonds is 4. The minimum Gasteiger partial charge on any atom is -0.312 e. The summed E-state index contributed by atoms with van der Waals surface area (Å²) in [5.41, 5.74) is 0. The summed E-state index contributed by atoms with van der Waals surface area (Å²) in [7, 11) is 2.02. The van der Waals surface area contributed by atoms with E-state index in [1.54, 1.807) is 11.3 Å². The zero-order valence-corrected chi connectivity index (χ0v) is 9.61. The molecule has 0 aliphatic rings. The summed E-state index contributed by atoms with van der Waals surface area (Å²) in [4.78, 5) is 5.64. The van der Waals surface area contributed by atoms with Gasteiger partial charge in [-0.2, -0.15) is 0 Å². The van der Waals surface area contributed by atoms with Gasteiger partial charge in [0.1, 0.15) is 0 Å². The first-order valence-corrected chi connectivity index (χ1v) is 5.60. The van der Waals surface area contributed by atoms with Gasteiger partial charge in [-0.3, -0.25) is 0 Å². The maximum Gasteiger partial charge on any atom is 0.0897 e. The first-order valence-electron chi connectivity index (χ1n) is 4.78. The van der Waals surface area contributed by atoms with Gasteiger partial charge in [-0.15, -0.1) is 11.3 Å². The van der Waals surface area contributed by atoms with Gasteiger partial charge in [-0.25, -0.2) is 4.98 Å². The number of hydrogen-bond acceptors (Lipinski definition) is 3. The van der Waals surface area contributed by atoms with Crippen LogP contribution in [0.2, 0.25) is 0 Å². The maximum atomic E-state index is 4.28. The predicted octanol–water partition coefficient (Wildman–Crippen LogP) is 2.76. The minimum absolute atomic E-state index is 0.469. The van der Waals surface area contributed by atoms with Crippen molar-refractivity contribution in [2.24, 2.45) is 5.92 Å². The van der Waals surface area contributed by atoms with Gasteiger partial charge in [0.25, 0.3) is 0 Å². The standard InChI is InChI=1S/C10H18N2S/c1-5-7(2)10(11-4)9-6-12-8(3)13-9/h6-7,10-11H,5H2,1-4H3. The zero-order valence-electron chi connectivity index (χ0n) is 8.79. The van der Waals surface area contributed by atoms with E-state index >= 15 is 0 Å². The van der Waals surface area contributed by atoms with Crippen LogP contribution in [-0.2, 0) is 0 Å². The molecule has 2 unspecified atom stereocenters. The highest BCUT2D eigenvalue weighted by Crippen LogP contribution is 2.27. The Hall–Kier alpha value is -0.410. The molecule has 0 aliphatic heterocycles. The van der Waals surface area contributed by atoms with Crippen LogP contribution in [0.1, 0.15) is 36.2 Å². The fourth-order valence-corrected chi connectivity index (χ4v) is 2.49. The van der Waals surface area contributed by atoms with Crippen molar-refractivity contribution < 1.29 is 0 Å². The van der Waals surface area contributed by atoms with E-state index in [2.05, 4.69) is 31.1 Å². The first kappa shape index (κ1) is 10.7. The molecule has 0 spiro atoms. The van der Waals surface area contributed by atoms with E-state index in [4.69, 9.17) is 0 Å². The summed E-state index contributed by atoms with van der Waals surface area (Å²) in [6.07, 6.45) is 3.19. The van der Waals surface area contributed by atoms with Gasteiger partial charge in [-0.05, 0) is 19.9 Å². The highest BCUT2D eigenvalue weighted by atomic mass is 32.1. The van der Waals surface area contributed by atoms with Crippen LogP contribution in [0.4, 0.5) is 0 Å². The fourth-order valence-electron chi connectivity index (χ4n) is 1.46. The van der Waals surface area contributed by atoms with Crippen LogP contribution in [-0.4, -0.2) is 12.0 Å². The molecule has 74 valence electrons. The molecule has 0 saturated carbocycles. The van der Waals surface area contributed by atoms with E-state index in [1.807, 2.05) is 13.2 Å². The molecular formula is C10H18N2S. The SMILES string of the molecule is CCC(C)C(NC)c1cnc(C)s1. The molecule has 0 aliphatic carbocycles. The van der Waals surface area contributed by atoms with Crippen molar-refractivity contribution >= 4 is 11.3 Å². The summed E-state index contributed by atoms with van der Waals surface area (Å²) in [5, 5.41) is 4.50. The second kappa shape index (κ2) is 4.72. The fraction of sp³-hybridized carbons (Fsp3) is 0.700. The maximum absolute atomic E-state index is 4.28. The molecule has 1 aromatic heterocycles. The topological polar surface area (TPSA) is 24.9 Å². The summed E-state index contributed by atoms with van der Waals surface area (Å²) >= 11 is 1.79. The third-order valence-corrected chi connectivity index (χ3v) is 3.47. The van der Waals surface area contributed by atoms with Crippen molar-refractivity contribution in [1.82, 2.24) is 10.3 Å². The van der Waals surface area contributed by atoms with E-state index in [0.29, 0.717) is 12.0 Å². The van der Waals surface area contributed by atoms with Crippen LogP contribution in [0.25, 0.3) is 0 Å². The minimum atomic E-state index is 0.469. The van der Waals surface area contributed by atoms with Gasteiger partial charge in [0.2, 0.25) is 0 Å². The van der Waals surface area contributed by atoms with Crippen LogP contribution < -0.4 is 5.32 Å². The molecule has 1 N–H and O–H groups in total. The van der Waals surface area contributed by atoms with Crippen molar-refractivity contribution in [2.75, 3.05) is 7.05 Å². The molecule has 1 heterocycles. The van der Waals surface area contributed by atoms with Gasteiger partial charge in [0.05, 0.1) is 5.01 Å². The smallest absolute Gasteiger partial charge is 0.0897 e. The molecule has 3 heteroatoms. The second-order valence-electron chi connectivity index (χ2n) is 3.43. The lowest BCUT2D eigenvalue weighted by atomic mass is 9.98. The van der Waals surface area contributed by atoms with Gasteiger partial charge in [0.15, 0.2) is 0 Å². The van der Waals surface area contributed by atoms with E-state index in [0.717, 1.165) is 5.01 Å². The molecule has 0 amide bonds. The average Bonchev–Trinajstić information content (AvgIpc) is 2.53. The van der Waals surface area contributed by atoms with Crippen LogP contribution in [0.15, 0.2) is 6.20 Å². The number of thiazole rings is 1. The van der Waals surface area contributed by atoms with Gasteiger partial charge < -0.3 is 5.32 Å². The average molecular weight is 198 g/mol. The van der Waals surface area contributed by atoms with E-state index in [9.17, 15) is 0 Å². The Bertz CT molecular complexity index is 257. The van der Waals surface area contributed by atoms with Crippen molar-refractivity contribution in [3.8, 4) is 0 Å². The number of nitrogens with zero attached hydrogens (tertiary/aromatic N) is 1. The van der Waals surface area contributed by atoms with E-state index in [-0.39, 0.29) is 0 Å². The molecule has 0 fully saturated rings. The highest BCUT2D eigenvalue weighted by molar-refractivity contribution is 7.11. The Balaban J connectivity index is 2.77. The number of hydrogen-bond donors (Lipinski definition) is 1. The summed E-state index contributed by atoms with van der Waals surface area (Å²) in [5.74, 6) is 0.671. The van der Waals surface area contributed by atoms with Gasteiger partial charge in [0, 0.05) is 17.1 Å². The Labute approximate surface area is 84.4 Å². The quantitative estimate of drug-likeness (QED) is 0.804. The molecule has 0 aromatic carbocycles. The zero-order chi connectivity index (χ0) is 9.84. The molecular weight excluding hydrogens is 180 g/mol. The third kappa shape index (κ3) is 2.51. The molecule has 2 nitrogen and oxygen atoms in total. The van der Waals surface area contributed by atoms with Crippen LogP contribution in [0.5, 0.6) is 0 Å². The summed E-state index contributed by atoms with van der Waals surface area (Å²) < 4.78 is 0. The largest absolute Gasteiger partial charge is 0.312 e. The summed E-state index contributed by atoms with van der Waals surface area (Å²) in [6.45, 7) is 6.55. The van der Waals surface area contributed by atoms with Crippen molar-refractivity contribution in [3.63, 3.8) is 0 Å². The Kier molecular flexibility index (Phi) is 3.88. The molecule has 13 heavy (non-hydrogen) atoms. The Morgan fingerprint density at radius 2 is 2.31 bits per heavy atom. The molecule has 2 atom stereocenters. The lowest BCUT2D eigenvalue weighted by molar-refractivity contribution is 0.405. The predicted molar refractivity (Wildman–Crippen MR) is 58.1 cm³/mol. The monoisotopic (exact) mass is 198 g/mol. The molecule has 0 bridgehead atoms. The number of nitrogens with one attached hydrogen (secondary N) is 1. The molecule has 1 aromatic rings. The number of aromatic nitrogens is 1. The lowest BCUT2D eigenvalue weighted by Crippen LogP contribution is -2.22. The van der Waals surface area contributed by atoms with Crippen LogP contribution >= 0.6 is 11.3 Å². The Morgan fingerprint density at radius 1 is 1.62 bits per heavy atom. The van der Waals surface area contributed by atoms with E-state index in [1.165, 1.54) is 11.3 Å². The summed E-state index contributed by atoms with van der Waals surface area (Å²) in [6, 6.07) is 0.469. The second-order valence-corrected chi connectivity index (χ2v) is 4.70. The van der Waals surface area contributed by atoms with Crippen molar-refractivity contribution in [2.45, 2.75) is 33.2 Å². The third-order valence-electron chi connectivity index (χ3n) is 2.47. The van der Waals surface area contributed by atoms with Crippen LogP contribution in [0, 0.1) is 12.8 Å². The lowest BCUT2D eigenvalue weighted by Gasteiger charge is -2.20. The Morgan fingerprint density at radius 3 is 2.69 bits per heavy atom. The normalized spacial score (nSPS) is 15.7. The van der Waals surface area contributed by atoms with E-state index < -0.39 is 0 Å². The van der Waals surface area contributed by atoms with Gasteiger partial charge in [-0.1, -0.05) is 20.3 Å². The number of aryl methyl sites for hydroxylation is 1. The van der Waals surface area contributed by atoms with Crippen LogP contribution in [0.3, 0.4) is 0 Å². The van der Waals surface area contributed by atoms with Crippen molar-refractivity contribution in [3.05, 3.63) is 16.1 Å². The molecule has 0 saturated heterocycles.